The third-order valence-electron chi connectivity index (χ3n) is 3.36. The molecule has 21 heavy (non-hydrogen) atoms. The molecule has 0 N–H and O–H groups in total. The van der Waals surface area contributed by atoms with Crippen LogP contribution >= 0.6 is 15.9 Å². The summed E-state index contributed by atoms with van der Waals surface area (Å²) in [6, 6.07) is 12.7. The highest BCUT2D eigenvalue weighted by molar-refractivity contribution is 9.10. The summed E-state index contributed by atoms with van der Waals surface area (Å²) in [6.07, 6.45) is 0. The van der Waals surface area contributed by atoms with E-state index in [9.17, 15) is 8.42 Å². The Morgan fingerprint density at radius 1 is 1.05 bits per heavy atom. The predicted molar refractivity (Wildman–Crippen MR) is 90.3 cm³/mol. The Morgan fingerprint density at radius 3 is 2.24 bits per heavy atom. The van der Waals surface area contributed by atoms with Gasteiger partial charge in [0.05, 0.1) is 10.6 Å². The maximum Gasteiger partial charge on any atom is 0.264 e. The van der Waals surface area contributed by atoms with Crippen LogP contribution in [-0.2, 0) is 10.0 Å². The molecule has 0 radical (unpaired) electrons. The number of aryl methyl sites for hydroxylation is 2. The number of benzene rings is 2. The standard InChI is InChI=1S/C16H18BrNO2S/c1-4-18(14-8-6-5-7-9-14)21(19,20)16-11-12(2)15(17)10-13(16)3/h5-11H,4H2,1-3H3. The first-order valence-corrected chi connectivity index (χ1v) is 8.95. The molecule has 112 valence electrons. The lowest BCUT2D eigenvalue weighted by atomic mass is 10.2. The van der Waals surface area contributed by atoms with E-state index < -0.39 is 10.0 Å². The number of para-hydroxylation sites is 1. The van der Waals surface area contributed by atoms with Gasteiger partial charge in [-0.3, -0.25) is 4.31 Å². The van der Waals surface area contributed by atoms with E-state index in [-0.39, 0.29) is 0 Å². The Labute approximate surface area is 134 Å². The highest BCUT2D eigenvalue weighted by Crippen LogP contribution is 2.29. The second-order valence-electron chi connectivity index (χ2n) is 4.87. The Kier molecular flexibility index (Phi) is 4.74. The summed E-state index contributed by atoms with van der Waals surface area (Å²) < 4.78 is 28.3. The second kappa shape index (κ2) is 6.20. The van der Waals surface area contributed by atoms with Crippen molar-refractivity contribution in [1.82, 2.24) is 0 Å². The van der Waals surface area contributed by atoms with Gasteiger partial charge < -0.3 is 0 Å². The lowest BCUT2D eigenvalue weighted by molar-refractivity contribution is 0.591. The van der Waals surface area contributed by atoms with Crippen LogP contribution in [0.1, 0.15) is 18.1 Å². The SMILES string of the molecule is CCN(c1ccccc1)S(=O)(=O)c1cc(C)c(Br)cc1C. The fourth-order valence-corrected chi connectivity index (χ4v) is 4.46. The van der Waals surface area contributed by atoms with Crippen molar-refractivity contribution in [2.75, 3.05) is 10.8 Å². The van der Waals surface area contributed by atoms with Crippen molar-refractivity contribution >= 4 is 31.6 Å². The normalized spacial score (nSPS) is 11.4. The largest absolute Gasteiger partial charge is 0.267 e. The maximum absolute atomic E-state index is 13.0. The number of sulfonamides is 1. The molecule has 2 rings (SSSR count). The van der Waals surface area contributed by atoms with Crippen LogP contribution < -0.4 is 4.31 Å². The molecule has 0 aliphatic rings. The van der Waals surface area contributed by atoms with Gasteiger partial charge in [-0.25, -0.2) is 8.42 Å². The van der Waals surface area contributed by atoms with Crippen LogP contribution in [0.25, 0.3) is 0 Å². The minimum absolute atomic E-state index is 0.355. The fraction of sp³-hybridized carbons (Fsp3) is 0.250. The molecule has 0 amide bonds. The third kappa shape index (κ3) is 3.14. The van der Waals surface area contributed by atoms with E-state index in [1.807, 2.05) is 57.2 Å². The van der Waals surface area contributed by atoms with E-state index >= 15 is 0 Å². The number of halogens is 1. The Bertz CT molecular complexity index is 742. The molecule has 0 aliphatic carbocycles. The quantitative estimate of drug-likeness (QED) is 0.808. The van der Waals surface area contributed by atoms with E-state index in [0.717, 1.165) is 15.6 Å². The summed E-state index contributed by atoms with van der Waals surface area (Å²) in [6.45, 7) is 5.93. The van der Waals surface area contributed by atoms with Crippen molar-refractivity contribution in [3.05, 3.63) is 58.1 Å². The zero-order valence-corrected chi connectivity index (χ0v) is 14.7. The smallest absolute Gasteiger partial charge is 0.264 e. The van der Waals surface area contributed by atoms with Crippen LogP contribution in [-0.4, -0.2) is 15.0 Å². The van der Waals surface area contributed by atoms with Crippen LogP contribution in [0.2, 0.25) is 0 Å². The molecule has 0 saturated carbocycles. The molecule has 0 spiro atoms. The number of nitrogens with zero attached hydrogens (tertiary/aromatic N) is 1. The zero-order chi connectivity index (χ0) is 15.6. The van der Waals surface area contributed by atoms with Crippen LogP contribution in [0.4, 0.5) is 5.69 Å². The monoisotopic (exact) mass is 367 g/mol. The minimum Gasteiger partial charge on any atom is -0.267 e. The molecule has 0 aliphatic heterocycles. The Balaban J connectivity index is 2.58. The number of hydrogen-bond acceptors (Lipinski definition) is 2. The second-order valence-corrected chi connectivity index (χ2v) is 7.56. The van der Waals surface area contributed by atoms with Crippen molar-refractivity contribution in [2.45, 2.75) is 25.7 Å². The molecule has 5 heteroatoms. The zero-order valence-electron chi connectivity index (χ0n) is 12.3. The number of anilines is 1. The van der Waals surface area contributed by atoms with Gasteiger partial charge in [0, 0.05) is 11.0 Å². The molecule has 0 aromatic heterocycles. The van der Waals surface area contributed by atoms with Crippen LogP contribution in [0.15, 0.2) is 51.8 Å². The van der Waals surface area contributed by atoms with Gasteiger partial charge in [0.25, 0.3) is 10.0 Å². The van der Waals surface area contributed by atoms with Crippen molar-refractivity contribution in [3.63, 3.8) is 0 Å². The molecule has 2 aromatic rings. The molecular formula is C16H18BrNO2S. The first-order chi connectivity index (χ1) is 9.87. The fourth-order valence-electron chi connectivity index (χ4n) is 2.24. The van der Waals surface area contributed by atoms with Gasteiger partial charge in [-0.1, -0.05) is 34.1 Å². The molecule has 0 atom stereocenters. The first kappa shape index (κ1) is 16.0. The topological polar surface area (TPSA) is 37.4 Å². The molecule has 0 unspecified atom stereocenters. The Hall–Kier alpha value is -1.33. The van der Waals surface area contributed by atoms with Crippen LogP contribution in [0.3, 0.4) is 0 Å². The van der Waals surface area contributed by atoms with Gasteiger partial charge in [0.15, 0.2) is 0 Å². The predicted octanol–water partition coefficient (Wildman–Crippen LogP) is 4.28. The lowest BCUT2D eigenvalue weighted by Crippen LogP contribution is -2.31. The van der Waals surface area contributed by atoms with Crippen LogP contribution in [0.5, 0.6) is 0 Å². The Morgan fingerprint density at radius 2 is 1.67 bits per heavy atom. The van der Waals surface area contributed by atoms with E-state index in [1.165, 1.54) is 4.31 Å². The number of rotatable bonds is 4. The third-order valence-corrected chi connectivity index (χ3v) is 6.25. The lowest BCUT2D eigenvalue weighted by Gasteiger charge is -2.24. The van der Waals surface area contributed by atoms with E-state index in [1.54, 1.807) is 6.07 Å². The first-order valence-electron chi connectivity index (χ1n) is 6.72. The van der Waals surface area contributed by atoms with Gasteiger partial charge in [0.1, 0.15) is 0 Å². The minimum atomic E-state index is -3.56. The molecule has 0 saturated heterocycles. The maximum atomic E-state index is 13.0. The molecule has 3 nitrogen and oxygen atoms in total. The average molecular weight is 368 g/mol. The van der Waals surface area contributed by atoms with E-state index in [0.29, 0.717) is 17.1 Å². The molecule has 0 fully saturated rings. The molecule has 0 bridgehead atoms. The highest BCUT2D eigenvalue weighted by atomic mass is 79.9. The highest BCUT2D eigenvalue weighted by Gasteiger charge is 2.25. The van der Waals surface area contributed by atoms with Gasteiger partial charge in [-0.05, 0) is 56.2 Å². The van der Waals surface area contributed by atoms with Gasteiger partial charge in [0.2, 0.25) is 0 Å². The van der Waals surface area contributed by atoms with Gasteiger partial charge >= 0.3 is 0 Å². The molecule has 0 heterocycles. The molecule has 2 aromatic carbocycles. The summed E-state index contributed by atoms with van der Waals surface area (Å²) >= 11 is 3.44. The summed E-state index contributed by atoms with van der Waals surface area (Å²) in [4.78, 5) is 0.355. The van der Waals surface area contributed by atoms with E-state index in [4.69, 9.17) is 0 Å². The van der Waals surface area contributed by atoms with Crippen molar-refractivity contribution in [1.29, 1.82) is 0 Å². The summed E-state index contributed by atoms with van der Waals surface area (Å²) in [7, 11) is -3.56. The van der Waals surface area contributed by atoms with Gasteiger partial charge in [-0.15, -0.1) is 0 Å². The van der Waals surface area contributed by atoms with Gasteiger partial charge in [-0.2, -0.15) is 0 Å². The summed E-state index contributed by atoms with van der Waals surface area (Å²) in [5, 5.41) is 0. The van der Waals surface area contributed by atoms with Crippen molar-refractivity contribution < 1.29 is 8.42 Å². The van der Waals surface area contributed by atoms with Crippen molar-refractivity contribution in [2.24, 2.45) is 0 Å². The van der Waals surface area contributed by atoms with Crippen molar-refractivity contribution in [3.8, 4) is 0 Å². The summed E-state index contributed by atoms with van der Waals surface area (Å²) in [5.74, 6) is 0. The molecular weight excluding hydrogens is 350 g/mol. The van der Waals surface area contributed by atoms with Crippen LogP contribution in [0, 0.1) is 13.8 Å². The van der Waals surface area contributed by atoms with E-state index in [2.05, 4.69) is 15.9 Å². The summed E-state index contributed by atoms with van der Waals surface area (Å²) in [5.41, 5.74) is 2.32. The average Bonchev–Trinajstić information content (AvgIpc) is 2.44. The number of hydrogen-bond donors (Lipinski definition) is 0.